The second-order valence-electron chi connectivity index (χ2n) is 4.58. The molecular weight excluding hydrogens is 234 g/mol. The van der Waals surface area contributed by atoms with Crippen molar-refractivity contribution >= 4 is 11.8 Å². The van der Waals surface area contributed by atoms with Crippen molar-refractivity contribution in [2.45, 2.75) is 31.7 Å². The molecule has 1 aromatic heterocycles. The van der Waals surface area contributed by atoms with Crippen LogP contribution in [-0.2, 0) is 0 Å². The lowest BCUT2D eigenvalue weighted by atomic mass is 9.85. The fraction of sp³-hybridized carbons (Fsp3) is 0.583. The van der Waals surface area contributed by atoms with Crippen LogP contribution >= 0.6 is 0 Å². The van der Waals surface area contributed by atoms with Gasteiger partial charge in [0.2, 0.25) is 0 Å². The Bertz CT molecular complexity index is 425. The molecule has 1 aliphatic rings. The lowest BCUT2D eigenvalue weighted by Gasteiger charge is -2.31. The molecule has 0 saturated heterocycles. The molecule has 0 amide bonds. The van der Waals surface area contributed by atoms with E-state index in [9.17, 15) is 9.90 Å². The smallest absolute Gasteiger partial charge is 0.339 e. The van der Waals surface area contributed by atoms with E-state index in [4.69, 9.17) is 5.11 Å². The van der Waals surface area contributed by atoms with Crippen molar-refractivity contribution in [3.8, 4) is 0 Å². The van der Waals surface area contributed by atoms with Gasteiger partial charge in [0.15, 0.2) is 5.82 Å². The first kappa shape index (κ1) is 12.8. The van der Waals surface area contributed by atoms with Crippen molar-refractivity contribution in [3.63, 3.8) is 0 Å². The SMILES string of the molecule is O=C(O)c1ccnnc1NC1CCCCC1CO. The van der Waals surface area contributed by atoms with Crippen LogP contribution in [-0.4, -0.2) is 39.0 Å². The number of nitrogens with zero attached hydrogens (tertiary/aromatic N) is 2. The molecule has 18 heavy (non-hydrogen) atoms. The van der Waals surface area contributed by atoms with Crippen LogP contribution in [0.2, 0.25) is 0 Å². The number of aliphatic hydroxyl groups is 1. The zero-order chi connectivity index (χ0) is 13.0. The zero-order valence-electron chi connectivity index (χ0n) is 10.0. The van der Waals surface area contributed by atoms with Crippen LogP contribution in [0.3, 0.4) is 0 Å². The maximum absolute atomic E-state index is 11.1. The highest BCUT2D eigenvalue weighted by atomic mass is 16.4. The molecule has 98 valence electrons. The fourth-order valence-electron chi connectivity index (χ4n) is 2.40. The Morgan fingerprint density at radius 2 is 2.22 bits per heavy atom. The molecule has 1 aromatic rings. The predicted molar refractivity (Wildman–Crippen MR) is 65.4 cm³/mol. The summed E-state index contributed by atoms with van der Waals surface area (Å²) in [6, 6.07) is 1.49. The number of carbonyl (C=O) groups is 1. The number of nitrogens with one attached hydrogen (secondary N) is 1. The molecule has 1 saturated carbocycles. The third kappa shape index (κ3) is 2.76. The van der Waals surface area contributed by atoms with Gasteiger partial charge in [-0.15, -0.1) is 5.10 Å². The van der Waals surface area contributed by atoms with Crippen molar-refractivity contribution < 1.29 is 15.0 Å². The molecule has 1 fully saturated rings. The third-order valence-corrected chi connectivity index (χ3v) is 3.42. The number of anilines is 1. The maximum atomic E-state index is 11.1. The summed E-state index contributed by atoms with van der Waals surface area (Å²) in [4.78, 5) is 11.1. The summed E-state index contributed by atoms with van der Waals surface area (Å²) in [5.74, 6) is -0.582. The van der Waals surface area contributed by atoms with Gasteiger partial charge in [-0.2, -0.15) is 5.10 Å². The summed E-state index contributed by atoms with van der Waals surface area (Å²) in [6.07, 6.45) is 5.42. The normalized spacial score (nSPS) is 23.6. The topological polar surface area (TPSA) is 95.3 Å². The Labute approximate surface area is 105 Å². The quantitative estimate of drug-likeness (QED) is 0.742. The summed E-state index contributed by atoms with van der Waals surface area (Å²) in [7, 11) is 0. The lowest BCUT2D eigenvalue weighted by molar-refractivity contribution is 0.0697. The third-order valence-electron chi connectivity index (χ3n) is 3.42. The molecule has 2 rings (SSSR count). The van der Waals surface area contributed by atoms with E-state index in [1.807, 2.05) is 0 Å². The molecule has 2 atom stereocenters. The first-order valence-electron chi connectivity index (χ1n) is 6.14. The minimum Gasteiger partial charge on any atom is -0.478 e. The molecule has 3 N–H and O–H groups in total. The van der Waals surface area contributed by atoms with Crippen LogP contribution in [0, 0.1) is 5.92 Å². The van der Waals surface area contributed by atoms with Crippen molar-refractivity contribution in [2.24, 2.45) is 5.92 Å². The molecule has 1 heterocycles. The second kappa shape index (κ2) is 5.77. The Balaban J connectivity index is 2.15. The first-order chi connectivity index (χ1) is 8.72. The molecule has 6 nitrogen and oxygen atoms in total. The number of hydrogen-bond donors (Lipinski definition) is 3. The molecule has 6 heteroatoms. The van der Waals surface area contributed by atoms with E-state index in [1.165, 1.54) is 12.3 Å². The van der Waals surface area contributed by atoms with E-state index in [0.29, 0.717) is 0 Å². The molecule has 1 aliphatic carbocycles. The van der Waals surface area contributed by atoms with Crippen LogP contribution in [0.4, 0.5) is 5.82 Å². The van der Waals surface area contributed by atoms with E-state index < -0.39 is 5.97 Å². The van der Waals surface area contributed by atoms with Crippen molar-refractivity contribution in [3.05, 3.63) is 17.8 Å². The minimum atomic E-state index is -1.02. The summed E-state index contributed by atoms with van der Waals surface area (Å²) in [5, 5.41) is 29.0. The second-order valence-corrected chi connectivity index (χ2v) is 4.58. The van der Waals surface area contributed by atoms with Gasteiger partial charge in [-0.05, 0) is 18.9 Å². The summed E-state index contributed by atoms with van der Waals surface area (Å²) in [6.45, 7) is 0.111. The standard InChI is InChI=1S/C12H17N3O3/c16-7-8-3-1-2-4-10(8)14-11-9(12(17)18)5-6-13-15-11/h5-6,8,10,16H,1-4,7H2,(H,14,15)(H,17,18). The number of hydrogen-bond acceptors (Lipinski definition) is 5. The van der Waals surface area contributed by atoms with Gasteiger partial charge < -0.3 is 15.5 Å². The van der Waals surface area contributed by atoms with Gasteiger partial charge in [0.1, 0.15) is 5.56 Å². The van der Waals surface area contributed by atoms with Gasteiger partial charge in [-0.3, -0.25) is 0 Å². The van der Waals surface area contributed by atoms with Crippen LogP contribution in [0.5, 0.6) is 0 Å². The average Bonchev–Trinajstić information content (AvgIpc) is 2.40. The number of aromatic nitrogens is 2. The van der Waals surface area contributed by atoms with Crippen LogP contribution in [0.25, 0.3) is 0 Å². The van der Waals surface area contributed by atoms with Crippen molar-refractivity contribution in [2.75, 3.05) is 11.9 Å². The van der Waals surface area contributed by atoms with Gasteiger partial charge in [0.05, 0.1) is 6.20 Å². The molecule has 0 bridgehead atoms. The van der Waals surface area contributed by atoms with Crippen LogP contribution in [0.1, 0.15) is 36.0 Å². The molecule has 0 aromatic carbocycles. The lowest BCUT2D eigenvalue weighted by Crippen LogP contribution is -2.35. The van der Waals surface area contributed by atoms with Gasteiger partial charge >= 0.3 is 5.97 Å². The fourth-order valence-corrected chi connectivity index (χ4v) is 2.40. The highest BCUT2D eigenvalue weighted by Crippen LogP contribution is 2.27. The minimum absolute atomic E-state index is 0.0681. The van der Waals surface area contributed by atoms with Crippen LogP contribution < -0.4 is 5.32 Å². The predicted octanol–water partition coefficient (Wildman–Crippen LogP) is 1.14. The van der Waals surface area contributed by atoms with E-state index >= 15 is 0 Å². The Hall–Kier alpha value is -1.69. The van der Waals surface area contributed by atoms with E-state index in [2.05, 4.69) is 15.5 Å². The highest BCUT2D eigenvalue weighted by molar-refractivity contribution is 5.92. The molecule has 0 aliphatic heterocycles. The van der Waals surface area contributed by atoms with Crippen molar-refractivity contribution in [1.82, 2.24) is 10.2 Å². The van der Waals surface area contributed by atoms with Gasteiger partial charge in [-0.1, -0.05) is 12.8 Å². The number of rotatable bonds is 4. The molecule has 0 radical (unpaired) electrons. The maximum Gasteiger partial charge on any atom is 0.339 e. The summed E-state index contributed by atoms with van der Waals surface area (Å²) >= 11 is 0. The highest BCUT2D eigenvalue weighted by Gasteiger charge is 2.26. The average molecular weight is 251 g/mol. The van der Waals surface area contributed by atoms with Gasteiger partial charge in [0, 0.05) is 18.6 Å². The molecular formula is C12H17N3O3. The zero-order valence-corrected chi connectivity index (χ0v) is 10.0. The summed E-state index contributed by atoms with van der Waals surface area (Å²) in [5.41, 5.74) is 0.118. The number of aliphatic hydroxyl groups excluding tert-OH is 1. The Kier molecular flexibility index (Phi) is 4.09. The van der Waals surface area contributed by atoms with E-state index in [-0.39, 0.29) is 29.9 Å². The van der Waals surface area contributed by atoms with E-state index in [1.54, 1.807) is 0 Å². The first-order valence-corrected chi connectivity index (χ1v) is 6.14. The van der Waals surface area contributed by atoms with Crippen LogP contribution in [0.15, 0.2) is 12.3 Å². The number of carboxylic acid groups (broad SMARTS) is 1. The largest absolute Gasteiger partial charge is 0.478 e. The Morgan fingerprint density at radius 3 is 2.94 bits per heavy atom. The van der Waals surface area contributed by atoms with Gasteiger partial charge in [0.25, 0.3) is 0 Å². The monoisotopic (exact) mass is 251 g/mol. The van der Waals surface area contributed by atoms with E-state index in [0.717, 1.165) is 25.7 Å². The van der Waals surface area contributed by atoms with Crippen molar-refractivity contribution in [1.29, 1.82) is 0 Å². The Morgan fingerprint density at radius 1 is 1.44 bits per heavy atom. The summed E-state index contributed by atoms with van der Waals surface area (Å²) < 4.78 is 0. The number of aromatic carboxylic acids is 1. The molecule has 2 unspecified atom stereocenters. The number of carboxylic acids is 1. The van der Waals surface area contributed by atoms with Gasteiger partial charge in [-0.25, -0.2) is 4.79 Å². The molecule has 0 spiro atoms.